The van der Waals surface area contributed by atoms with Gasteiger partial charge < -0.3 is 15.2 Å². The monoisotopic (exact) mass is 243 g/mol. The lowest BCUT2D eigenvalue weighted by molar-refractivity contribution is 0.0983. The predicted octanol–water partition coefficient (Wildman–Crippen LogP) is 3.12. The maximum absolute atomic E-state index is 5.83. The van der Waals surface area contributed by atoms with Crippen LogP contribution in [0.25, 0.3) is 0 Å². The first-order chi connectivity index (χ1) is 7.74. The normalized spacial score (nSPS) is 10.4. The fourth-order valence-corrected chi connectivity index (χ4v) is 1.35. The summed E-state index contributed by atoms with van der Waals surface area (Å²) < 4.78 is 10.8. The van der Waals surface area contributed by atoms with Crippen molar-refractivity contribution >= 4 is 17.3 Å². The molecule has 0 fully saturated rings. The van der Waals surface area contributed by atoms with Gasteiger partial charge in [0.2, 0.25) is 0 Å². The molecule has 0 atom stereocenters. The quantitative estimate of drug-likeness (QED) is 0.591. The summed E-state index contributed by atoms with van der Waals surface area (Å²) in [4.78, 5) is 0. The minimum Gasteiger partial charge on any atom is -0.489 e. The molecule has 0 aliphatic rings. The largest absolute Gasteiger partial charge is 0.489 e. The number of unbranched alkanes of at least 4 members (excludes halogenated alkanes) is 1. The molecule has 0 aliphatic carbocycles. The number of benzene rings is 1. The van der Waals surface area contributed by atoms with E-state index in [4.69, 9.17) is 26.8 Å². The fourth-order valence-electron chi connectivity index (χ4n) is 1.19. The van der Waals surface area contributed by atoms with Crippen LogP contribution in [-0.4, -0.2) is 19.8 Å². The van der Waals surface area contributed by atoms with Gasteiger partial charge in [0, 0.05) is 17.7 Å². The number of anilines is 1. The van der Waals surface area contributed by atoms with Crippen LogP contribution in [0.2, 0.25) is 5.02 Å². The Morgan fingerprint density at radius 3 is 2.81 bits per heavy atom. The van der Waals surface area contributed by atoms with Gasteiger partial charge >= 0.3 is 0 Å². The molecule has 0 saturated heterocycles. The van der Waals surface area contributed by atoms with Gasteiger partial charge in [-0.25, -0.2) is 0 Å². The summed E-state index contributed by atoms with van der Waals surface area (Å²) in [6, 6.07) is 5.18. The first-order valence-corrected chi connectivity index (χ1v) is 5.87. The van der Waals surface area contributed by atoms with Crippen LogP contribution in [-0.2, 0) is 4.74 Å². The Kier molecular flexibility index (Phi) is 6.04. The van der Waals surface area contributed by atoms with Crippen molar-refractivity contribution in [2.24, 2.45) is 0 Å². The lowest BCUT2D eigenvalue weighted by Gasteiger charge is -2.09. The number of hydrogen-bond donors (Lipinski definition) is 1. The lowest BCUT2D eigenvalue weighted by Crippen LogP contribution is -2.08. The van der Waals surface area contributed by atoms with E-state index in [0.29, 0.717) is 29.7 Å². The standard InChI is InChI=1S/C12H18ClNO2/c1-2-3-6-15-7-8-16-12-9-10(13)4-5-11(12)14/h4-5,9H,2-3,6-8,14H2,1H3. The molecular weight excluding hydrogens is 226 g/mol. The Balaban J connectivity index is 2.23. The van der Waals surface area contributed by atoms with Gasteiger partial charge in [-0.3, -0.25) is 0 Å². The number of ether oxygens (including phenoxy) is 2. The van der Waals surface area contributed by atoms with Crippen molar-refractivity contribution in [2.75, 3.05) is 25.6 Å². The van der Waals surface area contributed by atoms with Crippen molar-refractivity contribution in [2.45, 2.75) is 19.8 Å². The first-order valence-electron chi connectivity index (χ1n) is 5.49. The summed E-state index contributed by atoms with van der Waals surface area (Å²) in [6.07, 6.45) is 2.22. The van der Waals surface area contributed by atoms with Gasteiger partial charge in [0.25, 0.3) is 0 Å². The Morgan fingerprint density at radius 1 is 1.25 bits per heavy atom. The van der Waals surface area contributed by atoms with Crippen molar-refractivity contribution in [3.05, 3.63) is 23.2 Å². The Labute approximate surface area is 101 Å². The van der Waals surface area contributed by atoms with E-state index < -0.39 is 0 Å². The van der Waals surface area contributed by atoms with E-state index in [9.17, 15) is 0 Å². The van der Waals surface area contributed by atoms with E-state index in [1.807, 2.05) is 0 Å². The second-order valence-electron chi connectivity index (χ2n) is 3.50. The Hall–Kier alpha value is -0.930. The molecule has 1 aromatic rings. The van der Waals surface area contributed by atoms with Crippen molar-refractivity contribution in [3.8, 4) is 5.75 Å². The molecule has 0 heterocycles. The van der Waals surface area contributed by atoms with Crippen LogP contribution in [0.15, 0.2) is 18.2 Å². The van der Waals surface area contributed by atoms with E-state index in [1.54, 1.807) is 18.2 Å². The third-order valence-electron chi connectivity index (χ3n) is 2.10. The Bertz CT molecular complexity index is 318. The number of hydrogen-bond acceptors (Lipinski definition) is 3. The molecule has 3 nitrogen and oxygen atoms in total. The number of halogens is 1. The van der Waals surface area contributed by atoms with Gasteiger partial charge in [-0.1, -0.05) is 24.9 Å². The molecule has 90 valence electrons. The average Bonchev–Trinajstić information content (AvgIpc) is 2.28. The SMILES string of the molecule is CCCCOCCOc1cc(Cl)ccc1N. The third-order valence-corrected chi connectivity index (χ3v) is 2.34. The van der Waals surface area contributed by atoms with Gasteiger partial charge in [-0.15, -0.1) is 0 Å². The van der Waals surface area contributed by atoms with Crippen LogP contribution >= 0.6 is 11.6 Å². The molecule has 0 aliphatic heterocycles. The highest BCUT2D eigenvalue weighted by molar-refractivity contribution is 6.30. The van der Waals surface area contributed by atoms with Crippen LogP contribution in [0, 0.1) is 0 Å². The summed E-state index contributed by atoms with van der Waals surface area (Å²) in [6.45, 7) is 3.98. The molecule has 4 heteroatoms. The minimum absolute atomic E-state index is 0.494. The minimum atomic E-state index is 0.494. The number of nitrogens with two attached hydrogens (primary N) is 1. The van der Waals surface area contributed by atoms with Crippen molar-refractivity contribution in [1.82, 2.24) is 0 Å². The highest BCUT2D eigenvalue weighted by Crippen LogP contribution is 2.25. The molecule has 0 amide bonds. The molecule has 0 spiro atoms. The van der Waals surface area contributed by atoms with Crippen LogP contribution < -0.4 is 10.5 Å². The topological polar surface area (TPSA) is 44.5 Å². The smallest absolute Gasteiger partial charge is 0.143 e. The molecule has 0 radical (unpaired) electrons. The maximum atomic E-state index is 5.83. The van der Waals surface area contributed by atoms with Gasteiger partial charge in [0.1, 0.15) is 12.4 Å². The van der Waals surface area contributed by atoms with E-state index in [0.717, 1.165) is 19.4 Å². The summed E-state index contributed by atoms with van der Waals surface area (Å²) in [5.74, 6) is 0.617. The zero-order chi connectivity index (χ0) is 11.8. The van der Waals surface area contributed by atoms with Gasteiger partial charge in [-0.2, -0.15) is 0 Å². The van der Waals surface area contributed by atoms with Crippen LogP contribution in [0.4, 0.5) is 5.69 Å². The molecule has 0 saturated carbocycles. The maximum Gasteiger partial charge on any atom is 0.143 e. The van der Waals surface area contributed by atoms with E-state index in [2.05, 4.69) is 6.92 Å². The van der Waals surface area contributed by atoms with Crippen LogP contribution in [0.5, 0.6) is 5.75 Å². The molecular formula is C12H18ClNO2. The van der Waals surface area contributed by atoms with E-state index in [1.165, 1.54) is 0 Å². The third kappa shape index (κ3) is 4.73. The van der Waals surface area contributed by atoms with E-state index in [-0.39, 0.29) is 0 Å². The number of nitrogen functional groups attached to an aromatic ring is 1. The molecule has 16 heavy (non-hydrogen) atoms. The molecule has 0 unspecified atom stereocenters. The highest BCUT2D eigenvalue weighted by atomic mass is 35.5. The Morgan fingerprint density at radius 2 is 2.06 bits per heavy atom. The average molecular weight is 244 g/mol. The second kappa shape index (κ2) is 7.36. The summed E-state index contributed by atoms with van der Waals surface area (Å²) >= 11 is 5.83. The van der Waals surface area contributed by atoms with E-state index >= 15 is 0 Å². The van der Waals surface area contributed by atoms with Crippen molar-refractivity contribution < 1.29 is 9.47 Å². The molecule has 2 N–H and O–H groups in total. The molecule has 0 bridgehead atoms. The predicted molar refractivity (Wildman–Crippen MR) is 67.1 cm³/mol. The summed E-state index contributed by atoms with van der Waals surface area (Å²) in [7, 11) is 0. The van der Waals surface area contributed by atoms with Gasteiger partial charge in [0.05, 0.1) is 12.3 Å². The van der Waals surface area contributed by atoms with Crippen LogP contribution in [0.3, 0.4) is 0 Å². The lowest BCUT2D eigenvalue weighted by atomic mass is 10.3. The molecule has 0 aromatic heterocycles. The fraction of sp³-hybridized carbons (Fsp3) is 0.500. The zero-order valence-electron chi connectivity index (χ0n) is 9.54. The number of rotatable bonds is 7. The summed E-state index contributed by atoms with van der Waals surface area (Å²) in [5, 5.41) is 0.621. The first kappa shape index (κ1) is 13.1. The zero-order valence-corrected chi connectivity index (χ0v) is 10.3. The molecule has 1 rings (SSSR count). The summed E-state index contributed by atoms with van der Waals surface area (Å²) in [5.41, 5.74) is 6.32. The second-order valence-corrected chi connectivity index (χ2v) is 3.93. The van der Waals surface area contributed by atoms with Gasteiger partial charge in [-0.05, 0) is 18.6 Å². The van der Waals surface area contributed by atoms with Crippen LogP contribution in [0.1, 0.15) is 19.8 Å². The molecule has 1 aromatic carbocycles. The van der Waals surface area contributed by atoms with Crippen molar-refractivity contribution in [3.63, 3.8) is 0 Å². The highest BCUT2D eigenvalue weighted by Gasteiger charge is 2.00. The van der Waals surface area contributed by atoms with Gasteiger partial charge in [0.15, 0.2) is 0 Å². The van der Waals surface area contributed by atoms with Crippen molar-refractivity contribution in [1.29, 1.82) is 0 Å².